The maximum atomic E-state index is 12.5. The number of carbonyl (C=O) groups is 2. The number of anilines is 3. The molecule has 0 saturated carbocycles. The zero-order chi connectivity index (χ0) is 19.8. The Labute approximate surface area is 164 Å². The third kappa shape index (κ3) is 5.92. The third-order valence-electron chi connectivity index (χ3n) is 3.86. The van der Waals surface area contributed by atoms with Gasteiger partial charge in [0.2, 0.25) is 0 Å². The third-order valence-corrected chi connectivity index (χ3v) is 4.61. The van der Waals surface area contributed by atoms with Crippen molar-refractivity contribution in [3.05, 3.63) is 48.0 Å². The van der Waals surface area contributed by atoms with Crippen LogP contribution in [0.15, 0.2) is 47.4 Å². The van der Waals surface area contributed by atoms with E-state index in [1.165, 1.54) is 0 Å². The van der Waals surface area contributed by atoms with E-state index in [2.05, 4.69) is 16.0 Å². The second kappa shape index (κ2) is 9.87. The Balaban J connectivity index is 2.12. The molecule has 0 unspecified atom stereocenters. The van der Waals surface area contributed by atoms with Gasteiger partial charge in [-0.05, 0) is 55.1 Å². The largest absolute Gasteiger partial charge is 0.377 e. The number of carbonyl (C=O) groups excluding carboxylic acids is 2. The van der Waals surface area contributed by atoms with E-state index in [0.717, 1.165) is 17.0 Å². The van der Waals surface area contributed by atoms with Crippen molar-refractivity contribution in [1.29, 1.82) is 0 Å². The van der Waals surface area contributed by atoms with Gasteiger partial charge in [-0.2, -0.15) is 0 Å². The Bertz CT molecular complexity index is 791. The van der Waals surface area contributed by atoms with Gasteiger partial charge in [-0.3, -0.25) is 4.79 Å². The van der Waals surface area contributed by atoms with Crippen molar-refractivity contribution >= 4 is 40.8 Å². The molecule has 0 heterocycles. The number of benzene rings is 2. The van der Waals surface area contributed by atoms with Crippen LogP contribution in [-0.4, -0.2) is 38.8 Å². The number of amides is 3. The Hall–Kier alpha value is -2.67. The van der Waals surface area contributed by atoms with Crippen molar-refractivity contribution in [2.24, 2.45) is 0 Å². The summed E-state index contributed by atoms with van der Waals surface area (Å²) in [6.45, 7) is 2.61. The first kappa shape index (κ1) is 20.6. The molecule has 3 N–H and O–H groups in total. The number of hydrogen-bond acceptors (Lipinski definition) is 4. The van der Waals surface area contributed by atoms with Gasteiger partial charge in [-0.15, -0.1) is 11.8 Å². The van der Waals surface area contributed by atoms with Crippen LogP contribution < -0.4 is 20.9 Å². The zero-order valence-corrected chi connectivity index (χ0v) is 16.9. The molecule has 3 amide bonds. The average molecular weight is 387 g/mol. The molecule has 7 heteroatoms. The Kier molecular flexibility index (Phi) is 7.55. The van der Waals surface area contributed by atoms with E-state index in [1.54, 1.807) is 23.9 Å². The van der Waals surface area contributed by atoms with Gasteiger partial charge >= 0.3 is 6.03 Å². The zero-order valence-electron chi connectivity index (χ0n) is 16.1. The first-order chi connectivity index (χ1) is 12.9. The lowest BCUT2D eigenvalue weighted by Gasteiger charge is -2.18. The highest BCUT2D eigenvalue weighted by molar-refractivity contribution is 7.98. The normalized spacial score (nSPS) is 10.2. The molecule has 27 heavy (non-hydrogen) atoms. The number of nitrogens with zero attached hydrogens (tertiary/aromatic N) is 1. The van der Waals surface area contributed by atoms with Crippen LogP contribution in [0.25, 0.3) is 0 Å². The van der Waals surface area contributed by atoms with Crippen molar-refractivity contribution in [3.63, 3.8) is 0 Å². The molecule has 6 nitrogen and oxygen atoms in total. The van der Waals surface area contributed by atoms with Crippen LogP contribution >= 0.6 is 11.8 Å². The predicted molar refractivity (Wildman–Crippen MR) is 114 cm³/mol. The Morgan fingerprint density at radius 3 is 2.22 bits per heavy atom. The number of nitrogens with one attached hydrogen (secondary N) is 3. The maximum Gasteiger partial charge on any atom is 0.323 e. The van der Waals surface area contributed by atoms with Crippen molar-refractivity contribution in [2.45, 2.75) is 18.2 Å². The average Bonchev–Trinajstić information content (AvgIpc) is 2.66. The Morgan fingerprint density at radius 1 is 1.00 bits per heavy atom. The molecule has 144 valence electrons. The van der Waals surface area contributed by atoms with Crippen LogP contribution in [0.4, 0.5) is 21.9 Å². The number of thioether (sulfide) groups is 1. The van der Waals surface area contributed by atoms with Crippen molar-refractivity contribution in [2.75, 3.05) is 42.4 Å². The molecule has 0 bridgehead atoms. The van der Waals surface area contributed by atoms with E-state index in [1.807, 2.05) is 62.5 Å². The highest BCUT2D eigenvalue weighted by Gasteiger charge is 2.14. The summed E-state index contributed by atoms with van der Waals surface area (Å²) >= 11 is 1.64. The molecule has 2 aromatic carbocycles. The second-order valence-corrected chi connectivity index (χ2v) is 7.07. The first-order valence-corrected chi connectivity index (χ1v) is 9.98. The van der Waals surface area contributed by atoms with E-state index in [-0.39, 0.29) is 11.9 Å². The molecule has 0 fully saturated rings. The SMILES string of the molecule is CCCNC(=O)c1cc(NC(=O)Nc2ccc(SC)cc2)ccc1N(C)C. The van der Waals surface area contributed by atoms with Crippen LogP contribution in [0, 0.1) is 0 Å². The van der Waals surface area contributed by atoms with Crippen molar-refractivity contribution in [3.8, 4) is 0 Å². The summed E-state index contributed by atoms with van der Waals surface area (Å²) < 4.78 is 0. The summed E-state index contributed by atoms with van der Waals surface area (Å²) in [6, 6.07) is 12.5. The summed E-state index contributed by atoms with van der Waals surface area (Å²) in [7, 11) is 3.76. The van der Waals surface area contributed by atoms with Gasteiger partial charge in [0.15, 0.2) is 0 Å². The molecule has 0 spiro atoms. The fraction of sp³-hybridized carbons (Fsp3) is 0.300. The lowest BCUT2D eigenvalue weighted by Crippen LogP contribution is -2.27. The summed E-state index contributed by atoms with van der Waals surface area (Å²) in [5.74, 6) is -0.155. The maximum absolute atomic E-state index is 12.5. The minimum Gasteiger partial charge on any atom is -0.377 e. The van der Waals surface area contributed by atoms with Crippen LogP contribution in [0.2, 0.25) is 0 Å². The molecule has 0 aliphatic rings. The molecule has 2 aromatic rings. The van der Waals surface area contributed by atoms with Crippen molar-refractivity contribution < 1.29 is 9.59 Å². The summed E-state index contributed by atoms with van der Waals surface area (Å²) in [5, 5.41) is 8.45. The van der Waals surface area contributed by atoms with Crippen LogP contribution in [0.1, 0.15) is 23.7 Å². The van der Waals surface area contributed by atoms with Crippen molar-refractivity contribution in [1.82, 2.24) is 5.32 Å². The molecule has 0 radical (unpaired) electrons. The molecule has 2 rings (SSSR count). The van der Waals surface area contributed by atoms with Gasteiger partial charge in [0.1, 0.15) is 0 Å². The van der Waals surface area contributed by atoms with E-state index >= 15 is 0 Å². The van der Waals surface area contributed by atoms with Crippen LogP contribution in [0.3, 0.4) is 0 Å². The molecular formula is C20H26N4O2S. The monoisotopic (exact) mass is 386 g/mol. The molecule has 0 saturated heterocycles. The van der Waals surface area contributed by atoms with E-state index in [9.17, 15) is 9.59 Å². The lowest BCUT2D eigenvalue weighted by molar-refractivity contribution is 0.0954. The standard InChI is InChI=1S/C20H26N4O2S/c1-5-12-21-19(25)17-13-15(8-11-18(17)24(2)3)23-20(26)22-14-6-9-16(27-4)10-7-14/h6-11,13H,5,12H2,1-4H3,(H,21,25)(H2,22,23,26). The minimum atomic E-state index is -0.357. The summed E-state index contributed by atoms with van der Waals surface area (Å²) in [6.07, 6.45) is 2.86. The van der Waals surface area contributed by atoms with Gasteiger partial charge in [0.25, 0.3) is 5.91 Å². The topological polar surface area (TPSA) is 73.5 Å². The minimum absolute atomic E-state index is 0.155. The highest BCUT2D eigenvalue weighted by atomic mass is 32.2. The lowest BCUT2D eigenvalue weighted by atomic mass is 10.1. The van der Waals surface area contributed by atoms with Gasteiger partial charge in [-0.1, -0.05) is 6.92 Å². The fourth-order valence-electron chi connectivity index (χ4n) is 2.49. The van der Waals surface area contributed by atoms with Gasteiger partial charge < -0.3 is 20.9 Å². The van der Waals surface area contributed by atoms with Gasteiger partial charge in [-0.25, -0.2) is 4.79 Å². The summed E-state index contributed by atoms with van der Waals surface area (Å²) in [5.41, 5.74) is 2.58. The quantitative estimate of drug-likeness (QED) is 0.622. The number of rotatable bonds is 7. The fourth-order valence-corrected chi connectivity index (χ4v) is 2.90. The second-order valence-electron chi connectivity index (χ2n) is 6.19. The van der Waals surface area contributed by atoms with Gasteiger partial charge in [0, 0.05) is 42.6 Å². The van der Waals surface area contributed by atoms with Crippen LogP contribution in [0.5, 0.6) is 0 Å². The highest BCUT2D eigenvalue weighted by Crippen LogP contribution is 2.23. The molecule has 0 aliphatic carbocycles. The molecule has 0 aromatic heterocycles. The smallest absolute Gasteiger partial charge is 0.323 e. The number of urea groups is 1. The van der Waals surface area contributed by atoms with Gasteiger partial charge in [0.05, 0.1) is 5.56 Å². The first-order valence-electron chi connectivity index (χ1n) is 8.76. The summed E-state index contributed by atoms with van der Waals surface area (Å²) in [4.78, 5) is 27.7. The Morgan fingerprint density at radius 2 is 1.63 bits per heavy atom. The van der Waals surface area contributed by atoms with E-state index < -0.39 is 0 Å². The van der Waals surface area contributed by atoms with Crippen LogP contribution in [-0.2, 0) is 0 Å². The molecule has 0 atom stereocenters. The number of hydrogen-bond donors (Lipinski definition) is 3. The predicted octanol–water partition coefficient (Wildman–Crippen LogP) is 4.26. The van der Waals surface area contributed by atoms with E-state index in [4.69, 9.17) is 0 Å². The molecular weight excluding hydrogens is 360 g/mol. The molecule has 0 aliphatic heterocycles. The van der Waals surface area contributed by atoms with E-state index in [0.29, 0.717) is 23.5 Å².